The van der Waals surface area contributed by atoms with Gasteiger partial charge < -0.3 is 65.1 Å². The molecule has 2 fully saturated rings. The number of amides is 1. The van der Waals surface area contributed by atoms with E-state index < -0.39 is 86.8 Å². The minimum atomic E-state index is -1.79. The highest BCUT2D eigenvalue weighted by molar-refractivity contribution is 5.76. The summed E-state index contributed by atoms with van der Waals surface area (Å²) < 4.78 is 22.4. The first-order valence-electron chi connectivity index (χ1n) is 20.4. The first-order chi connectivity index (χ1) is 26.6. The summed E-state index contributed by atoms with van der Waals surface area (Å²) in [6.07, 6.45) is 13.9. The molecule has 2 saturated heterocycles. The number of unbranched alkanes of at least 4 members (excludes halogenated alkanes) is 9. The molecule has 0 bridgehead atoms. The second-order valence-corrected chi connectivity index (χ2v) is 14.4. The van der Waals surface area contributed by atoms with Crippen LogP contribution in [-0.4, -0.2) is 140 Å². The van der Waals surface area contributed by atoms with Crippen molar-refractivity contribution in [3.63, 3.8) is 0 Å². The van der Waals surface area contributed by atoms with Gasteiger partial charge in [-0.2, -0.15) is 0 Å². The van der Waals surface area contributed by atoms with Gasteiger partial charge in [-0.15, -0.1) is 0 Å². The van der Waals surface area contributed by atoms with Gasteiger partial charge in [0.25, 0.3) is 0 Å². The van der Waals surface area contributed by atoms with Crippen LogP contribution in [0.1, 0.15) is 110 Å². The van der Waals surface area contributed by atoms with E-state index in [0.29, 0.717) is 6.42 Å². The van der Waals surface area contributed by atoms with Gasteiger partial charge in [0.1, 0.15) is 48.8 Å². The van der Waals surface area contributed by atoms with E-state index in [0.717, 1.165) is 70.6 Å². The molecule has 0 spiro atoms. The number of hydrogen-bond donors (Lipinski definition) is 9. The molecular formula is C41H71NO13. The summed E-state index contributed by atoms with van der Waals surface area (Å²) in [5, 5.41) is 85.7. The lowest BCUT2D eigenvalue weighted by atomic mass is 9.97. The summed E-state index contributed by atoms with van der Waals surface area (Å²) in [5.74, 6) is -0.264. The van der Waals surface area contributed by atoms with Crippen LogP contribution in [0.2, 0.25) is 0 Å². The molecule has 2 aliphatic rings. The topological polar surface area (TPSA) is 228 Å². The van der Waals surface area contributed by atoms with Gasteiger partial charge in [-0.25, -0.2) is 0 Å². The molecule has 9 N–H and O–H groups in total. The third kappa shape index (κ3) is 18.4. The molecule has 2 heterocycles. The lowest BCUT2D eigenvalue weighted by molar-refractivity contribution is -0.359. The third-order valence-electron chi connectivity index (χ3n) is 9.77. The van der Waals surface area contributed by atoms with Crippen molar-refractivity contribution < 1.29 is 64.6 Å². The highest BCUT2D eigenvalue weighted by Crippen LogP contribution is 2.29. The van der Waals surface area contributed by atoms with Crippen LogP contribution in [0.4, 0.5) is 0 Å². The molecule has 0 aliphatic carbocycles. The van der Waals surface area contributed by atoms with Crippen molar-refractivity contribution in [1.82, 2.24) is 5.32 Å². The van der Waals surface area contributed by atoms with Gasteiger partial charge in [0.2, 0.25) is 5.91 Å². The Kier molecular flexibility index (Phi) is 26.1. The van der Waals surface area contributed by atoms with Crippen molar-refractivity contribution in [3.05, 3.63) is 48.6 Å². The van der Waals surface area contributed by atoms with Crippen molar-refractivity contribution in [3.8, 4) is 0 Å². The molecule has 12 unspecified atom stereocenters. The molecule has 12 atom stereocenters. The molecule has 0 radical (unpaired) electrons. The molecule has 0 aromatic carbocycles. The van der Waals surface area contributed by atoms with Crippen molar-refractivity contribution >= 4 is 5.91 Å². The molecule has 55 heavy (non-hydrogen) atoms. The zero-order chi connectivity index (χ0) is 40.4. The number of carbonyl (C=O) groups excluding carboxylic acids is 1. The fourth-order valence-corrected chi connectivity index (χ4v) is 6.35. The quantitative estimate of drug-likeness (QED) is 0.0411. The van der Waals surface area contributed by atoms with E-state index in [1.165, 1.54) is 12.8 Å². The summed E-state index contributed by atoms with van der Waals surface area (Å²) >= 11 is 0. The standard InChI is InChI=1S/C41H71NO13/c1-3-5-7-9-10-11-12-13-14-15-16-17-18-19-20-21-23-25-33(46)42-29(30(45)24-22-8-6-4-2)28-52-40-38(51)36(49)39(32(27-44)54-40)55-41-37(50)35(48)34(47)31(26-43)53-41/h5,7,10-11,13-14,22,24,29-32,34-41,43-45,47-51H,3-4,6,8-9,12,15-21,23,25-28H2,1-2H3,(H,42,46)/b7-5-,11-10-,14-13-,24-22+. The summed E-state index contributed by atoms with van der Waals surface area (Å²) in [5.41, 5.74) is 0. The summed E-state index contributed by atoms with van der Waals surface area (Å²) in [7, 11) is 0. The highest BCUT2D eigenvalue weighted by Gasteiger charge is 2.50. The third-order valence-corrected chi connectivity index (χ3v) is 9.77. The Morgan fingerprint density at radius 3 is 1.91 bits per heavy atom. The van der Waals surface area contributed by atoms with Gasteiger partial charge in [0.15, 0.2) is 12.6 Å². The predicted molar refractivity (Wildman–Crippen MR) is 207 cm³/mol. The molecule has 318 valence electrons. The number of aliphatic hydroxyl groups is 8. The average molecular weight is 786 g/mol. The number of rotatable bonds is 28. The smallest absolute Gasteiger partial charge is 0.220 e. The lowest BCUT2D eigenvalue weighted by Gasteiger charge is -2.46. The lowest BCUT2D eigenvalue weighted by Crippen LogP contribution is -2.65. The van der Waals surface area contributed by atoms with Gasteiger partial charge in [0.05, 0.1) is 32.0 Å². The summed E-state index contributed by atoms with van der Waals surface area (Å²) in [4.78, 5) is 12.9. The van der Waals surface area contributed by atoms with Crippen molar-refractivity contribution in [2.75, 3.05) is 19.8 Å². The number of allylic oxidation sites excluding steroid dienone is 7. The number of hydrogen-bond acceptors (Lipinski definition) is 13. The predicted octanol–water partition coefficient (Wildman–Crippen LogP) is 2.59. The zero-order valence-corrected chi connectivity index (χ0v) is 32.9. The van der Waals surface area contributed by atoms with Gasteiger partial charge in [-0.3, -0.25) is 4.79 Å². The average Bonchev–Trinajstić information content (AvgIpc) is 3.18. The van der Waals surface area contributed by atoms with Crippen LogP contribution in [0, 0.1) is 0 Å². The molecule has 0 aromatic heterocycles. The Balaban J connectivity index is 1.81. The fraction of sp³-hybridized carbons (Fsp3) is 0.780. The van der Waals surface area contributed by atoms with Crippen molar-refractivity contribution in [1.29, 1.82) is 0 Å². The van der Waals surface area contributed by atoms with Crippen LogP contribution in [0.25, 0.3) is 0 Å². The Morgan fingerprint density at radius 1 is 0.673 bits per heavy atom. The van der Waals surface area contributed by atoms with E-state index in [9.17, 15) is 45.6 Å². The van der Waals surface area contributed by atoms with E-state index >= 15 is 0 Å². The molecule has 1 amide bonds. The zero-order valence-electron chi connectivity index (χ0n) is 32.9. The molecule has 0 aromatic rings. The molecule has 14 nitrogen and oxygen atoms in total. The van der Waals surface area contributed by atoms with E-state index in [1.807, 2.05) is 6.08 Å². The first-order valence-corrected chi connectivity index (χ1v) is 20.4. The van der Waals surface area contributed by atoms with Crippen LogP contribution >= 0.6 is 0 Å². The van der Waals surface area contributed by atoms with E-state index in [1.54, 1.807) is 6.08 Å². The van der Waals surface area contributed by atoms with Gasteiger partial charge in [-0.05, 0) is 44.9 Å². The highest BCUT2D eigenvalue weighted by atomic mass is 16.7. The number of carbonyl (C=O) groups is 1. The normalized spacial score (nSPS) is 30.2. The number of aliphatic hydroxyl groups excluding tert-OH is 8. The fourth-order valence-electron chi connectivity index (χ4n) is 6.35. The van der Waals surface area contributed by atoms with Crippen LogP contribution < -0.4 is 5.32 Å². The minimum absolute atomic E-state index is 0.264. The van der Waals surface area contributed by atoms with E-state index in [-0.39, 0.29) is 18.9 Å². The Morgan fingerprint density at radius 2 is 1.25 bits per heavy atom. The second kappa shape index (κ2) is 29.2. The monoisotopic (exact) mass is 785 g/mol. The van der Waals surface area contributed by atoms with Gasteiger partial charge >= 0.3 is 0 Å². The Hall–Kier alpha value is -2.05. The maximum atomic E-state index is 12.9. The Bertz CT molecular complexity index is 1120. The van der Waals surface area contributed by atoms with Crippen LogP contribution in [-0.2, 0) is 23.7 Å². The van der Waals surface area contributed by atoms with E-state index in [4.69, 9.17) is 18.9 Å². The first kappa shape index (κ1) is 49.1. The van der Waals surface area contributed by atoms with Gasteiger partial charge in [0, 0.05) is 6.42 Å². The van der Waals surface area contributed by atoms with E-state index in [2.05, 4.69) is 55.6 Å². The number of nitrogens with one attached hydrogen (secondary N) is 1. The number of ether oxygens (including phenoxy) is 4. The van der Waals surface area contributed by atoms with Crippen molar-refractivity contribution in [2.24, 2.45) is 0 Å². The largest absolute Gasteiger partial charge is 0.394 e. The van der Waals surface area contributed by atoms with Gasteiger partial charge in [-0.1, -0.05) is 107 Å². The molecular weight excluding hydrogens is 714 g/mol. The molecule has 0 saturated carbocycles. The second-order valence-electron chi connectivity index (χ2n) is 14.4. The maximum Gasteiger partial charge on any atom is 0.220 e. The summed E-state index contributed by atoms with van der Waals surface area (Å²) in [6.45, 7) is 2.45. The summed E-state index contributed by atoms with van der Waals surface area (Å²) in [6, 6.07) is -0.915. The SMILES string of the molecule is CC/C=C\C/C=C\C/C=C\CCCCCCCCCC(=O)NC(COC1OC(CO)C(OC2OC(CO)C(O)C(O)C2O)C(O)C1O)C(O)/C=C/CCCC. The minimum Gasteiger partial charge on any atom is -0.394 e. The maximum absolute atomic E-state index is 12.9. The van der Waals surface area contributed by atoms with Crippen LogP contribution in [0.3, 0.4) is 0 Å². The van der Waals surface area contributed by atoms with Crippen LogP contribution in [0.15, 0.2) is 48.6 Å². The Labute approximate surface area is 327 Å². The molecule has 2 rings (SSSR count). The molecule has 14 heteroatoms. The van der Waals surface area contributed by atoms with Crippen molar-refractivity contribution in [2.45, 2.75) is 184 Å². The van der Waals surface area contributed by atoms with Crippen LogP contribution in [0.5, 0.6) is 0 Å². The molecule has 2 aliphatic heterocycles.